The zero-order valence-electron chi connectivity index (χ0n) is 9.29. The van der Waals surface area contributed by atoms with Gasteiger partial charge >= 0.3 is 0 Å². The molecule has 17 heavy (non-hydrogen) atoms. The van der Waals surface area contributed by atoms with Gasteiger partial charge in [-0.05, 0) is 24.1 Å². The first-order valence-electron chi connectivity index (χ1n) is 5.05. The average molecular weight is 319 g/mol. The minimum atomic E-state index is -0.642. The molecule has 3 N–H and O–H groups in total. The number of hydrogen-bond donors (Lipinski definition) is 2. The van der Waals surface area contributed by atoms with Crippen molar-refractivity contribution in [3.63, 3.8) is 0 Å². The summed E-state index contributed by atoms with van der Waals surface area (Å²) in [6, 6.07) is 2.62. The molecule has 2 atom stereocenters. The van der Waals surface area contributed by atoms with Gasteiger partial charge < -0.3 is 10.8 Å². The largest absolute Gasteiger partial charge is 0.391 e. The predicted octanol–water partition coefficient (Wildman–Crippen LogP) is 4.23. The van der Waals surface area contributed by atoms with E-state index >= 15 is 0 Å². The molecular formula is C11H15Cl4NO. The van der Waals surface area contributed by atoms with Crippen molar-refractivity contribution in [2.24, 2.45) is 5.73 Å². The fraction of sp³-hybridized carbons (Fsp3) is 0.455. The standard InChI is InChI=1S/C11H14Cl3NO.ClH/c1-2-3-9(16)11(15)7-4-6(12)5-8(13)10(7)14;/h4-5,9,11,16H,2-3,15H2,1H3;1H/t9-,11+;/m0./s1. The highest BCUT2D eigenvalue weighted by molar-refractivity contribution is 6.43. The van der Waals surface area contributed by atoms with Crippen LogP contribution in [0.1, 0.15) is 31.4 Å². The fourth-order valence-electron chi connectivity index (χ4n) is 1.50. The Balaban J connectivity index is 0.00000256. The molecule has 0 unspecified atom stereocenters. The summed E-state index contributed by atoms with van der Waals surface area (Å²) in [5, 5.41) is 11.0. The monoisotopic (exact) mass is 317 g/mol. The number of rotatable bonds is 4. The molecule has 6 heteroatoms. The van der Waals surface area contributed by atoms with E-state index in [0.29, 0.717) is 27.1 Å². The van der Waals surface area contributed by atoms with Crippen molar-refractivity contribution in [1.82, 2.24) is 0 Å². The maximum atomic E-state index is 9.81. The molecule has 0 bridgehead atoms. The highest BCUT2D eigenvalue weighted by Gasteiger charge is 2.20. The number of nitrogens with two attached hydrogens (primary N) is 1. The van der Waals surface area contributed by atoms with Gasteiger partial charge in [0.1, 0.15) is 0 Å². The molecule has 0 aromatic heterocycles. The lowest BCUT2D eigenvalue weighted by Crippen LogP contribution is -2.26. The van der Waals surface area contributed by atoms with Crippen LogP contribution in [-0.4, -0.2) is 11.2 Å². The molecule has 1 rings (SSSR count). The summed E-state index contributed by atoms with van der Waals surface area (Å²) in [6.45, 7) is 1.97. The molecule has 0 saturated carbocycles. The number of benzene rings is 1. The van der Waals surface area contributed by atoms with Crippen LogP contribution in [0, 0.1) is 0 Å². The minimum Gasteiger partial charge on any atom is -0.391 e. The number of halogens is 4. The van der Waals surface area contributed by atoms with Crippen molar-refractivity contribution in [3.05, 3.63) is 32.8 Å². The topological polar surface area (TPSA) is 46.2 Å². The number of aliphatic hydroxyl groups excluding tert-OH is 1. The Kier molecular flexibility index (Phi) is 7.81. The summed E-state index contributed by atoms with van der Waals surface area (Å²) < 4.78 is 0. The Morgan fingerprint density at radius 1 is 1.29 bits per heavy atom. The quantitative estimate of drug-likeness (QED) is 0.816. The summed E-state index contributed by atoms with van der Waals surface area (Å²) in [6.07, 6.45) is 0.819. The maximum absolute atomic E-state index is 9.81. The summed E-state index contributed by atoms with van der Waals surface area (Å²) in [4.78, 5) is 0. The molecule has 0 heterocycles. The fourth-order valence-corrected chi connectivity index (χ4v) is 2.25. The van der Waals surface area contributed by atoms with E-state index in [9.17, 15) is 5.11 Å². The molecule has 0 aliphatic carbocycles. The molecule has 1 aromatic carbocycles. The molecule has 0 spiro atoms. The van der Waals surface area contributed by atoms with Gasteiger partial charge in [-0.3, -0.25) is 0 Å². The molecule has 2 nitrogen and oxygen atoms in total. The second-order valence-corrected chi connectivity index (χ2v) is 4.89. The molecule has 1 aromatic rings. The Morgan fingerprint density at radius 2 is 1.88 bits per heavy atom. The van der Waals surface area contributed by atoms with E-state index in [0.717, 1.165) is 6.42 Å². The van der Waals surface area contributed by atoms with Gasteiger partial charge in [0.25, 0.3) is 0 Å². The van der Waals surface area contributed by atoms with Crippen LogP contribution >= 0.6 is 47.2 Å². The lowest BCUT2D eigenvalue weighted by atomic mass is 9.99. The van der Waals surface area contributed by atoms with Crippen molar-refractivity contribution < 1.29 is 5.11 Å². The van der Waals surface area contributed by atoms with Crippen molar-refractivity contribution in [2.75, 3.05) is 0 Å². The van der Waals surface area contributed by atoms with Gasteiger partial charge in [0.15, 0.2) is 0 Å². The second kappa shape index (κ2) is 7.67. The highest BCUT2D eigenvalue weighted by Crippen LogP contribution is 2.34. The van der Waals surface area contributed by atoms with Crippen molar-refractivity contribution in [1.29, 1.82) is 0 Å². The Hall–Kier alpha value is 0.300. The van der Waals surface area contributed by atoms with Gasteiger partial charge in [0.2, 0.25) is 0 Å². The van der Waals surface area contributed by atoms with Crippen LogP contribution in [0.15, 0.2) is 12.1 Å². The van der Waals surface area contributed by atoms with Crippen molar-refractivity contribution >= 4 is 47.2 Å². The van der Waals surface area contributed by atoms with Gasteiger partial charge in [0, 0.05) is 5.02 Å². The van der Waals surface area contributed by atoms with E-state index in [2.05, 4.69) is 0 Å². The highest BCUT2D eigenvalue weighted by atomic mass is 35.5. The lowest BCUT2D eigenvalue weighted by molar-refractivity contribution is 0.134. The molecule has 0 fully saturated rings. The molecule has 0 amide bonds. The van der Waals surface area contributed by atoms with Crippen LogP contribution in [0.2, 0.25) is 15.1 Å². The third-order valence-corrected chi connectivity index (χ3v) is 3.41. The molecular weight excluding hydrogens is 304 g/mol. The van der Waals surface area contributed by atoms with Crippen LogP contribution in [0.4, 0.5) is 0 Å². The van der Waals surface area contributed by atoms with Crippen LogP contribution in [0.3, 0.4) is 0 Å². The number of hydrogen-bond acceptors (Lipinski definition) is 2. The van der Waals surface area contributed by atoms with E-state index in [-0.39, 0.29) is 12.4 Å². The summed E-state index contributed by atoms with van der Waals surface area (Å²) >= 11 is 17.8. The predicted molar refractivity (Wildman–Crippen MR) is 76.6 cm³/mol. The van der Waals surface area contributed by atoms with E-state index in [4.69, 9.17) is 40.5 Å². The van der Waals surface area contributed by atoms with Gasteiger partial charge in [-0.1, -0.05) is 48.1 Å². The van der Waals surface area contributed by atoms with Crippen LogP contribution in [-0.2, 0) is 0 Å². The van der Waals surface area contributed by atoms with Gasteiger partial charge in [-0.25, -0.2) is 0 Å². The van der Waals surface area contributed by atoms with E-state index in [1.54, 1.807) is 12.1 Å². The van der Waals surface area contributed by atoms with Crippen molar-refractivity contribution in [2.45, 2.75) is 31.9 Å². The Morgan fingerprint density at radius 3 is 2.41 bits per heavy atom. The van der Waals surface area contributed by atoms with Gasteiger partial charge in [0.05, 0.1) is 22.2 Å². The minimum absolute atomic E-state index is 0. The third kappa shape index (κ3) is 4.47. The van der Waals surface area contributed by atoms with Crippen molar-refractivity contribution in [3.8, 4) is 0 Å². The van der Waals surface area contributed by atoms with Crippen LogP contribution in [0.5, 0.6) is 0 Å². The van der Waals surface area contributed by atoms with Gasteiger partial charge in [-0.15, -0.1) is 12.4 Å². The van der Waals surface area contributed by atoms with E-state index in [1.165, 1.54) is 0 Å². The zero-order valence-corrected chi connectivity index (χ0v) is 12.4. The summed E-state index contributed by atoms with van der Waals surface area (Å²) in [5.74, 6) is 0. The van der Waals surface area contributed by atoms with Crippen LogP contribution < -0.4 is 5.73 Å². The molecule has 0 aliphatic heterocycles. The SMILES string of the molecule is CCC[C@H](O)[C@H](N)c1cc(Cl)cc(Cl)c1Cl.Cl. The molecule has 98 valence electrons. The zero-order chi connectivity index (χ0) is 12.3. The van der Waals surface area contributed by atoms with Gasteiger partial charge in [-0.2, -0.15) is 0 Å². The Bertz CT molecular complexity index is 373. The normalized spacial score (nSPS) is 14.0. The first kappa shape index (κ1) is 17.3. The molecule has 0 aliphatic rings. The first-order chi connectivity index (χ1) is 7.47. The van der Waals surface area contributed by atoms with E-state index < -0.39 is 12.1 Å². The lowest BCUT2D eigenvalue weighted by Gasteiger charge is -2.20. The summed E-state index contributed by atoms with van der Waals surface area (Å²) in [5.41, 5.74) is 6.49. The van der Waals surface area contributed by atoms with Crippen LogP contribution in [0.25, 0.3) is 0 Å². The third-order valence-electron chi connectivity index (χ3n) is 2.38. The smallest absolute Gasteiger partial charge is 0.0733 e. The summed E-state index contributed by atoms with van der Waals surface area (Å²) in [7, 11) is 0. The number of aliphatic hydroxyl groups is 1. The average Bonchev–Trinajstić information content (AvgIpc) is 2.22. The molecule has 0 saturated heterocycles. The molecule has 0 radical (unpaired) electrons. The first-order valence-corrected chi connectivity index (χ1v) is 6.18. The second-order valence-electron chi connectivity index (χ2n) is 3.67. The maximum Gasteiger partial charge on any atom is 0.0733 e. The van der Waals surface area contributed by atoms with E-state index in [1.807, 2.05) is 6.92 Å². The Labute approximate surface area is 122 Å².